The van der Waals surface area contributed by atoms with E-state index in [0.717, 1.165) is 58.1 Å². The number of piperazine rings is 1. The fraction of sp³-hybridized carbons (Fsp3) is 0.875. The van der Waals surface area contributed by atoms with Gasteiger partial charge in [-0.3, -0.25) is 9.79 Å². The summed E-state index contributed by atoms with van der Waals surface area (Å²) in [5, 5.41) is 3.32. The van der Waals surface area contributed by atoms with Crippen LogP contribution in [0.3, 0.4) is 0 Å². The second-order valence-corrected chi connectivity index (χ2v) is 5.75. The number of guanidine groups is 1. The van der Waals surface area contributed by atoms with E-state index in [0.29, 0.717) is 19.8 Å². The summed E-state index contributed by atoms with van der Waals surface area (Å²) in [6.07, 6.45) is 1.64. The van der Waals surface area contributed by atoms with E-state index in [4.69, 9.17) is 9.47 Å². The first-order valence-corrected chi connectivity index (χ1v) is 8.77. The normalized spacial score (nSPS) is 22.5. The van der Waals surface area contributed by atoms with Gasteiger partial charge in [-0.2, -0.15) is 0 Å². The molecule has 7 nitrogen and oxygen atoms in total. The van der Waals surface area contributed by atoms with E-state index in [9.17, 15) is 4.79 Å². The standard InChI is InChI=1S/C16H30N4O3/c1-3-17-16(18-7-13-22-4-2)20-10-8-19(9-11-20)15(21)14-6-5-12-23-14/h14H,3-13H2,1-2H3,(H,17,18). The summed E-state index contributed by atoms with van der Waals surface area (Å²) in [7, 11) is 0. The van der Waals surface area contributed by atoms with Gasteiger partial charge in [-0.05, 0) is 26.7 Å². The molecular formula is C16H30N4O3. The molecular weight excluding hydrogens is 296 g/mol. The molecule has 0 aromatic heterocycles. The minimum absolute atomic E-state index is 0.153. The second-order valence-electron chi connectivity index (χ2n) is 5.75. The molecule has 2 heterocycles. The Balaban J connectivity index is 1.81. The van der Waals surface area contributed by atoms with Crippen molar-refractivity contribution in [1.29, 1.82) is 0 Å². The lowest BCUT2D eigenvalue weighted by Gasteiger charge is -2.37. The summed E-state index contributed by atoms with van der Waals surface area (Å²) in [5.74, 6) is 1.07. The SMILES string of the molecule is CCNC(=NCCOCC)N1CCN(C(=O)C2CCCO2)CC1. The Morgan fingerprint density at radius 2 is 2.00 bits per heavy atom. The number of ether oxygens (including phenoxy) is 2. The summed E-state index contributed by atoms with van der Waals surface area (Å²) in [6, 6.07) is 0. The minimum atomic E-state index is -0.213. The predicted octanol–water partition coefficient (Wildman–Crippen LogP) is 0.312. The van der Waals surface area contributed by atoms with Crippen molar-refractivity contribution in [3.8, 4) is 0 Å². The van der Waals surface area contributed by atoms with Gasteiger partial charge in [0, 0.05) is 45.9 Å². The van der Waals surface area contributed by atoms with Gasteiger partial charge in [0.15, 0.2) is 5.96 Å². The van der Waals surface area contributed by atoms with Crippen LogP contribution in [0.5, 0.6) is 0 Å². The maximum absolute atomic E-state index is 12.4. The number of carbonyl (C=O) groups is 1. The Morgan fingerprint density at radius 3 is 2.61 bits per heavy atom. The Bertz CT molecular complexity index is 389. The number of carbonyl (C=O) groups excluding carboxylic acids is 1. The van der Waals surface area contributed by atoms with Crippen molar-refractivity contribution in [2.75, 3.05) is 59.1 Å². The maximum atomic E-state index is 12.4. The van der Waals surface area contributed by atoms with Gasteiger partial charge in [-0.1, -0.05) is 0 Å². The molecule has 2 rings (SSSR count). The molecule has 1 N–H and O–H groups in total. The Morgan fingerprint density at radius 1 is 1.26 bits per heavy atom. The summed E-state index contributed by atoms with van der Waals surface area (Å²) in [5.41, 5.74) is 0. The van der Waals surface area contributed by atoms with E-state index in [1.807, 2.05) is 11.8 Å². The summed E-state index contributed by atoms with van der Waals surface area (Å²) in [6.45, 7) is 10.7. The van der Waals surface area contributed by atoms with Crippen molar-refractivity contribution in [3.63, 3.8) is 0 Å². The van der Waals surface area contributed by atoms with Gasteiger partial charge in [0.1, 0.15) is 6.10 Å². The highest BCUT2D eigenvalue weighted by Gasteiger charge is 2.30. The zero-order chi connectivity index (χ0) is 16.5. The molecule has 0 radical (unpaired) electrons. The molecule has 0 spiro atoms. The van der Waals surface area contributed by atoms with Crippen molar-refractivity contribution >= 4 is 11.9 Å². The van der Waals surface area contributed by atoms with Crippen LogP contribution >= 0.6 is 0 Å². The van der Waals surface area contributed by atoms with Crippen LogP contribution in [0, 0.1) is 0 Å². The van der Waals surface area contributed by atoms with Crippen LogP contribution in [0.4, 0.5) is 0 Å². The average Bonchev–Trinajstić information content (AvgIpc) is 3.12. The van der Waals surface area contributed by atoms with Crippen molar-refractivity contribution in [2.45, 2.75) is 32.8 Å². The Hall–Kier alpha value is -1.34. The first-order valence-electron chi connectivity index (χ1n) is 8.77. The van der Waals surface area contributed by atoms with Gasteiger partial charge < -0.3 is 24.6 Å². The lowest BCUT2D eigenvalue weighted by molar-refractivity contribution is -0.142. The Kier molecular flexibility index (Phi) is 7.61. The van der Waals surface area contributed by atoms with Crippen LogP contribution in [-0.4, -0.2) is 86.9 Å². The van der Waals surface area contributed by atoms with E-state index in [1.54, 1.807) is 0 Å². The molecule has 0 aromatic carbocycles. The fourth-order valence-electron chi connectivity index (χ4n) is 2.90. The molecule has 0 aromatic rings. The van der Waals surface area contributed by atoms with Gasteiger partial charge in [0.2, 0.25) is 0 Å². The number of aliphatic imine (C=N–C) groups is 1. The molecule has 1 atom stereocenters. The third-order valence-electron chi connectivity index (χ3n) is 4.13. The van der Waals surface area contributed by atoms with E-state index in [2.05, 4.69) is 22.1 Å². The lowest BCUT2D eigenvalue weighted by Crippen LogP contribution is -2.55. The molecule has 2 fully saturated rings. The zero-order valence-corrected chi connectivity index (χ0v) is 14.4. The summed E-state index contributed by atoms with van der Waals surface area (Å²) < 4.78 is 10.8. The Labute approximate surface area is 139 Å². The van der Waals surface area contributed by atoms with Crippen molar-refractivity contribution in [2.24, 2.45) is 4.99 Å². The third kappa shape index (κ3) is 5.35. The largest absolute Gasteiger partial charge is 0.380 e. The average molecular weight is 326 g/mol. The highest BCUT2D eigenvalue weighted by Crippen LogP contribution is 2.16. The number of nitrogens with one attached hydrogen (secondary N) is 1. The quantitative estimate of drug-likeness (QED) is 0.432. The molecule has 7 heteroatoms. The smallest absolute Gasteiger partial charge is 0.251 e. The maximum Gasteiger partial charge on any atom is 0.251 e. The highest BCUT2D eigenvalue weighted by molar-refractivity contribution is 5.82. The minimum Gasteiger partial charge on any atom is -0.380 e. The third-order valence-corrected chi connectivity index (χ3v) is 4.13. The number of nitrogens with zero attached hydrogens (tertiary/aromatic N) is 3. The molecule has 1 amide bonds. The van der Waals surface area contributed by atoms with Crippen LogP contribution in [0.25, 0.3) is 0 Å². The molecule has 2 aliphatic rings. The summed E-state index contributed by atoms with van der Waals surface area (Å²) >= 11 is 0. The van der Waals surface area contributed by atoms with Gasteiger partial charge in [0.25, 0.3) is 5.91 Å². The first kappa shape index (κ1) is 18.0. The first-order chi connectivity index (χ1) is 11.3. The highest BCUT2D eigenvalue weighted by atomic mass is 16.5. The molecule has 132 valence electrons. The second kappa shape index (κ2) is 9.72. The lowest BCUT2D eigenvalue weighted by atomic mass is 10.2. The predicted molar refractivity (Wildman–Crippen MR) is 89.6 cm³/mol. The van der Waals surface area contributed by atoms with E-state index < -0.39 is 0 Å². The van der Waals surface area contributed by atoms with E-state index in [-0.39, 0.29) is 12.0 Å². The van der Waals surface area contributed by atoms with Crippen LogP contribution in [-0.2, 0) is 14.3 Å². The number of hydrogen-bond acceptors (Lipinski definition) is 4. The molecule has 1 unspecified atom stereocenters. The molecule has 0 aliphatic carbocycles. The molecule has 2 aliphatic heterocycles. The van der Waals surface area contributed by atoms with Crippen molar-refractivity contribution < 1.29 is 14.3 Å². The van der Waals surface area contributed by atoms with Gasteiger partial charge in [-0.25, -0.2) is 0 Å². The number of hydrogen-bond donors (Lipinski definition) is 1. The molecule has 0 bridgehead atoms. The van der Waals surface area contributed by atoms with E-state index >= 15 is 0 Å². The molecule has 23 heavy (non-hydrogen) atoms. The number of rotatable bonds is 6. The van der Waals surface area contributed by atoms with Crippen LogP contribution in [0.2, 0.25) is 0 Å². The van der Waals surface area contributed by atoms with Crippen LogP contribution < -0.4 is 5.32 Å². The van der Waals surface area contributed by atoms with Crippen molar-refractivity contribution in [1.82, 2.24) is 15.1 Å². The van der Waals surface area contributed by atoms with Gasteiger partial charge in [-0.15, -0.1) is 0 Å². The monoisotopic (exact) mass is 326 g/mol. The fourth-order valence-corrected chi connectivity index (χ4v) is 2.90. The zero-order valence-electron chi connectivity index (χ0n) is 14.4. The topological polar surface area (TPSA) is 66.4 Å². The van der Waals surface area contributed by atoms with E-state index in [1.165, 1.54) is 0 Å². The van der Waals surface area contributed by atoms with Crippen LogP contribution in [0.1, 0.15) is 26.7 Å². The number of amides is 1. The molecule has 0 saturated carbocycles. The molecule has 2 saturated heterocycles. The van der Waals surface area contributed by atoms with Crippen LogP contribution in [0.15, 0.2) is 4.99 Å². The van der Waals surface area contributed by atoms with Gasteiger partial charge >= 0.3 is 0 Å². The van der Waals surface area contributed by atoms with Crippen molar-refractivity contribution in [3.05, 3.63) is 0 Å². The summed E-state index contributed by atoms with van der Waals surface area (Å²) in [4.78, 5) is 21.1. The van der Waals surface area contributed by atoms with Gasteiger partial charge in [0.05, 0.1) is 13.2 Å².